The number of halogens is 1. The van der Waals surface area contributed by atoms with Crippen molar-refractivity contribution in [1.29, 1.82) is 0 Å². The van der Waals surface area contributed by atoms with E-state index in [-0.39, 0.29) is 30.9 Å². The van der Waals surface area contributed by atoms with Gasteiger partial charge in [0.15, 0.2) is 0 Å². The molecule has 128 valence electrons. The minimum Gasteiger partial charge on any atom is -0.487 e. The van der Waals surface area contributed by atoms with Crippen molar-refractivity contribution in [2.45, 2.75) is 19.6 Å². The number of aromatic nitrogens is 1. The van der Waals surface area contributed by atoms with Crippen LogP contribution in [0.5, 0.6) is 5.75 Å². The molecule has 0 aliphatic carbocycles. The first-order chi connectivity index (χ1) is 12.0. The number of aryl methyl sites for hydroxylation is 1. The summed E-state index contributed by atoms with van der Waals surface area (Å²) in [5, 5.41) is 9.68. The van der Waals surface area contributed by atoms with Crippen LogP contribution in [0, 0.1) is 5.82 Å². The van der Waals surface area contributed by atoms with E-state index in [0.29, 0.717) is 11.3 Å². The lowest BCUT2D eigenvalue weighted by Gasteiger charge is -2.14. The molecule has 3 aromatic rings. The Morgan fingerprint density at radius 2 is 1.84 bits per heavy atom. The maximum atomic E-state index is 13.0. The van der Waals surface area contributed by atoms with Crippen LogP contribution >= 0.6 is 0 Å². The van der Waals surface area contributed by atoms with E-state index in [1.165, 1.54) is 22.8 Å². The van der Waals surface area contributed by atoms with Gasteiger partial charge >= 0.3 is 5.97 Å². The molecule has 0 aliphatic rings. The molecule has 0 saturated heterocycles. The summed E-state index contributed by atoms with van der Waals surface area (Å²) in [5.41, 5.74) is 1.05. The predicted molar refractivity (Wildman–Crippen MR) is 91.2 cm³/mol. The lowest BCUT2D eigenvalue weighted by atomic mass is 10.2. The average Bonchev–Trinajstić information content (AvgIpc) is 2.60. The number of ether oxygens (including phenoxy) is 1. The highest BCUT2D eigenvalue weighted by Gasteiger charge is 2.10. The summed E-state index contributed by atoms with van der Waals surface area (Å²) < 4.78 is 20.2. The maximum absolute atomic E-state index is 13.0. The highest BCUT2D eigenvalue weighted by Crippen LogP contribution is 2.25. The lowest BCUT2D eigenvalue weighted by Crippen LogP contribution is -2.21. The third-order valence-electron chi connectivity index (χ3n) is 3.83. The lowest BCUT2D eigenvalue weighted by molar-refractivity contribution is -0.137. The molecule has 5 nitrogen and oxygen atoms in total. The molecule has 25 heavy (non-hydrogen) atoms. The van der Waals surface area contributed by atoms with E-state index in [9.17, 15) is 14.0 Å². The van der Waals surface area contributed by atoms with E-state index in [4.69, 9.17) is 9.84 Å². The minimum absolute atomic E-state index is 0.0580. The molecule has 2 aromatic carbocycles. The second-order valence-electron chi connectivity index (χ2n) is 5.58. The van der Waals surface area contributed by atoms with E-state index in [1.54, 1.807) is 30.3 Å². The van der Waals surface area contributed by atoms with E-state index in [0.717, 1.165) is 10.9 Å². The third kappa shape index (κ3) is 3.85. The molecule has 1 N–H and O–H groups in total. The van der Waals surface area contributed by atoms with Gasteiger partial charge in [0.1, 0.15) is 18.2 Å². The average molecular weight is 341 g/mol. The summed E-state index contributed by atoms with van der Waals surface area (Å²) in [6.07, 6.45) is -0.161. The summed E-state index contributed by atoms with van der Waals surface area (Å²) in [6, 6.07) is 14.4. The Bertz CT molecular complexity index is 963. The van der Waals surface area contributed by atoms with Crippen molar-refractivity contribution >= 4 is 16.9 Å². The van der Waals surface area contributed by atoms with Crippen LogP contribution in [0.3, 0.4) is 0 Å². The van der Waals surface area contributed by atoms with Crippen LogP contribution in [0.1, 0.15) is 12.0 Å². The van der Waals surface area contributed by atoms with Crippen LogP contribution in [0.2, 0.25) is 0 Å². The van der Waals surface area contributed by atoms with Gasteiger partial charge in [0.2, 0.25) is 0 Å². The predicted octanol–water partition coefficient (Wildman–Crippen LogP) is 3.19. The van der Waals surface area contributed by atoms with Crippen molar-refractivity contribution in [3.8, 4) is 5.75 Å². The SMILES string of the molecule is O=C(O)CCn1c(=O)ccc2cccc(OCc3ccc(F)cc3)c21. The standard InChI is InChI=1S/C19H16FNO4/c20-15-7-4-13(5-8-15)12-25-16-3-1-2-14-6-9-17(22)21(19(14)16)11-10-18(23)24/h1-9H,10-12H2,(H,23,24). The van der Waals surface area contributed by atoms with E-state index < -0.39 is 5.97 Å². The van der Waals surface area contributed by atoms with E-state index in [1.807, 2.05) is 6.07 Å². The summed E-state index contributed by atoms with van der Waals surface area (Å²) >= 11 is 0. The van der Waals surface area contributed by atoms with Gasteiger partial charge in [-0.3, -0.25) is 9.59 Å². The number of pyridine rings is 1. The second-order valence-corrected chi connectivity index (χ2v) is 5.58. The number of carboxylic acid groups (broad SMARTS) is 1. The minimum atomic E-state index is -0.978. The Labute approximate surface area is 142 Å². The molecule has 0 saturated carbocycles. The van der Waals surface area contributed by atoms with Crippen molar-refractivity contribution in [2.24, 2.45) is 0 Å². The van der Waals surface area contributed by atoms with Gasteiger partial charge < -0.3 is 14.4 Å². The number of aliphatic carboxylic acids is 1. The van der Waals surface area contributed by atoms with Crippen LogP contribution in [-0.4, -0.2) is 15.6 Å². The first-order valence-corrected chi connectivity index (χ1v) is 7.76. The summed E-state index contributed by atoms with van der Waals surface area (Å²) in [6.45, 7) is 0.268. The Morgan fingerprint density at radius 3 is 2.56 bits per heavy atom. The highest BCUT2D eigenvalue weighted by molar-refractivity contribution is 5.85. The van der Waals surface area contributed by atoms with Gasteiger partial charge in [-0.25, -0.2) is 4.39 Å². The van der Waals surface area contributed by atoms with Crippen molar-refractivity contribution in [3.63, 3.8) is 0 Å². The van der Waals surface area contributed by atoms with Gasteiger partial charge in [-0.1, -0.05) is 24.3 Å². The molecule has 1 aromatic heterocycles. The first-order valence-electron chi connectivity index (χ1n) is 7.76. The van der Waals surface area contributed by atoms with Gasteiger partial charge in [0, 0.05) is 18.0 Å². The van der Waals surface area contributed by atoms with Gasteiger partial charge in [0.25, 0.3) is 5.56 Å². The number of carbonyl (C=O) groups is 1. The van der Waals surface area contributed by atoms with Gasteiger partial charge in [-0.05, 0) is 29.8 Å². The van der Waals surface area contributed by atoms with Crippen molar-refractivity contribution in [1.82, 2.24) is 4.57 Å². The molecule has 0 radical (unpaired) electrons. The van der Waals surface area contributed by atoms with Crippen LogP contribution in [0.4, 0.5) is 4.39 Å². The fourth-order valence-electron chi connectivity index (χ4n) is 2.61. The quantitative estimate of drug-likeness (QED) is 0.748. The van der Waals surface area contributed by atoms with Gasteiger partial charge in [-0.15, -0.1) is 0 Å². The molecule has 0 bridgehead atoms. The molecule has 0 spiro atoms. The molecule has 1 heterocycles. The molecule has 0 aliphatic heterocycles. The van der Waals surface area contributed by atoms with Crippen LogP contribution in [-0.2, 0) is 17.9 Å². The maximum Gasteiger partial charge on any atom is 0.305 e. The molecule has 3 rings (SSSR count). The Hall–Kier alpha value is -3.15. The molecule has 0 amide bonds. The molecule has 0 unspecified atom stereocenters. The zero-order chi connectivity index (χ0) is 17.8. The summed E-state index contributed by atoms with van der Waals surface area (Å²) in [7, 11) is 0. The normalized spacial score (nSPS) is 10.8. The van der Waals surface area contributed by atoms with Crippen LogP contribution in [0.15, 0.2) is 59.4 Å². The highest BCUT2D eigenvalue weighted by atomic mass is 19.1. The first kappa shape index (κ1) is 16.7. The number of para-hydroxylation sites is 1. The third-order valence-corrected chi connectivity index (χ3v) is 3.83. The fourth-order valence-corrected chi connectivity index (χ4v) is 2.61. The smallest absolute Gasteiger partial charge is 0.305 e. The number of rotatable bonds is 6. The molecular formula is C19H16FNO4. The van der Waals surface area contributed by atoms with Crippen LogP contribution in [0.25, 0.3) is 10.9 Å². The molecule has 6 heteroatoms. The van der Waals surface area contributed by atoms with Crippen LogP contribution < -0.4 is 10.3 Å². The zero-order valence-electron chi connectivity index (χ0n) is 13.3. The Balaban J connectivity index is 1.96. The van der Waals surface area contributed by atoms with E-state index >= 15 is 0 Å². The van der Waals surface area contributed by atoms with Crippen molar-refractivity contribution < 1.29 is 19.0 Å². The topological polar surface area (TPSA) is 68.5 Å². The summed E-state index contributed by atoms with van der Waals surface area (Å²) in [5.74, 6) is -0.824. The molecule has 0 atom stereocenters. The number of carboxylic acids is 1. The fraction of sp³-hybridized carbons (Fsp3) is 0.158. The van der Waals surface area contributed by atoms with E-state index in [2.05, 4.69) is 0 Å². The zero-order valence-corrected chi connectivity index (χ0v) is 13.3. The summed E-state index contributed by atoms with van der Waals surface area (Å²) in [4.78, 5) is 23.0. The number of nitrogens with zero attached hydrogens (tertiary/aromatic N) is 1. The number of hydrogen-bond acceptors (Lipinski definition) is 3. The largest absolute Gasteiger partial charge is 0.487 e. The second kappa shape index (κ2) is 7.17. The molecular weight excluding hydrogens is 325 g/mol. The number of fused-ring (bicyclic) bond motifs is 1. The van der Waals surface area contributed by atoms with Crippen molar-refractivity contribution in [2.75, 3.05) is 0 Å². The van der Waals surface area contributed by atoms with Gasteiger partial charge in [0.05, 0.1) is 11.9 Å². The Kier molecular flexibility index (Phi) is 4.79. The molecule has 0 fully saturated rings. The monoisotopic (exact) mass is 341 g/mol. The van der Waals surface area contributed by atoms with Crippen molar-refractivity contribution in [3.05, 3.63) is 76.3 Å². The van der Waals surface area contributed by atoms with Gasteiger partial charge in [-0.2, -0.15) is 0 Å². The Morgan fingerprint density at radius 1 is 1.08 bits per heavy atom. The number of hydrogen-bond donors (Lipinski definition) is 1. The number of benzene rings is 2.